The summed E-state index contributed by atoms with van der Waals surface area (Å²) in [7, 11) is 0. The predicted molar refractivity (Wildman–Crippen MR) is 91.6 cm³/mol. The second kappa shape index (κ2) is 9.22. The first kappa shape index (κ1) is 18.2. The number of hydrogen-bond acceptors (Lipinski definition) is 2. The van der Waals surface area contributed by atoms with Gasteiger partial charge in [0.05, 0.1) is 5.60 Å². The van der Waals surface area contributed by atoms with Gasteiger partial charge in [-0.1, -0.05) is 70.9 Å². The Hall–Kier alpha value is -0.860. The Morgan fingerprint density at radius 1 is 0.952 bits per heavy atom. The van der Waals surface area contributed by atoms with Crippen molar-refractivity contribution >= 4 is 0 Å². The van der Waals surface area contributed by atoms with Gasteiger partial charge in [-0.15, -0.1) is 0 Å². The van der Waals surface area contributed by atoms with Crippen LogP contribution in [0.25, 0.3) is 0 Å². The molecule has 0 aliphatic heterocycles. The fourth-order valence-corrected chi connectivity index (χ4v) is 3.48. The van der Waals surface area contributed by atoms with Crippen molar-refractivity contribution in [2.24, 2.45) is 0 Å². The van der Waals surface area contributed by atoms with E-state index in [1.165, 1.54) is 5.56 Å². The molecule has 0 amide bonds. The van der Waals surface area contributed by atoms with Crippen molar-refractivity contribution in [1.29, 1.82) is 0 Å². The maximum Gasteiger partial charge on any atom is 0.0805 e. The molecular formula is C19H33NO. The van der Waals surface area contributed by atoms with E-state index in [0.717, 1.165) is 45.2 Å². The number of rotatable bonds is 10. The Morgan fingerprint density at radius 3 is 1.90 bits per heavy atom. The summed E-state index contributed by atoms with van der Waals surface area (Å²) in [6.07, 6.45) is 4.76. The van der Waals surface area contributed by atoms with Gasteiger partial charge in [0.25, 0.3) is 0 Å². The van der Waals surface area contributed by atoms with Gasteiger partial charge in [0.2, 0.25) is 0 Å². The van der Waals surface area contributed by atoms with Gasteiger partial charge in [-0.25, -0.2) is 0 Å². The fraction of sp³-hybridized carbons (Fsp3) is 0.684. The molecule has 0 saturated carbocycles. The first-order valence-electron chi connectivity index (χ1n) is 8.61. The Morgan fingerprint density at radius 2 is 1.48 bits per heavy atom. The second-order valence-corrected chi connectivity index (χ2v) is 6.03. The van der Waals surface area contributed by atoms with Gasteiger partial charge in [0.15, 0.2) is 0 Å². The summed E-state index contributed by atoms with van der Waals surface area (Å²) in [5.74, 6) is 0. The molecule has 1 N–H and O–H groups in total. The zero-order chi connectivity index (χ0) is 15.7. The molecule has 0 bridgehead atoms. The topological polar surface area (TPSA) is 23.5 Å². The van der Waals surface area contributed by atoms with Crippen molar-refractivity contribution in [3.63, 3.8) is 0 Å². The lowest BCUT2D eigenvalue weighted by atomic mass is 9.81. The van der Waals surface area contributed by atoms with Crippen LogP contribution < -0.4 is 0 Å². The van der Waals surface area contributed by atoms with Gasteiger partial charge >= 0.3 is 0 Å². The highest BCUT2D eigenvalue weighted by Gasteiger charge is 2.37. The average molecular weight is 291 g/mol. The molecule has 2 nitrogen and oxygen atoms in total. The minimum atomic E-state index is -0.578. The summed E-state index contributed by atoms with van der Waals surface area (Å²) in [5, 5.41) is 11.3. The number of likely N-dealkylation sites (N-methyl/N-ethyl adjacent to an activating group) is 1. The van der Waals surface area contributed by atoms with Crippen molar-refractivity contribution in [2.45, 2.75) is 71.4 Å². The second-order valence-electron chi connectivity index (χ2n) is 6.03. The quantitative estimate of drug-likeness (QED) is 0.696. The van der Waals surface area contributed by atoms with Crippen LogP contribution in [0.5, 0.6) is 0 Å². The van der Waals surface area contributed by atoms with E-state index < -0.39 is 5.60 Å². The number of nitrogens with zero attached hydrogens (tertiary/aromatic N) is 1. The highest BCUT2D eigenvalue weighted by molar-refractivity contribution is 5.17. The van der Waals surface area contributed by atoms with Gasteiger partial charge in [-0.05, 0) is 37.9 Å². The van der Waals surface area contributed by atoms with Crippen LogP contribution in [0.2, 0.25) is 0 Å². The van der Waals surface area contributed by atoms with Crippen LogP contribution in [0.15, 0.2) is 30.3 Å². The van der Waals surface area contributed by atoms with Crippen LogP contribution in [-0.2, 0) is 6.42 Å². The summed E-state index contributed by atoms with van der Waals surface area (Å²) >= 11 is 0. The molecule has 0 spiro atoms. The van der Waals surface area contributed by atoms with E-state index in [2.05, 4.69) is 62.9 Å². The standard InChI is InChI=1S/C19H33NO/c1-5-14-19(21,15-6-2)18(20(7-3)8-4)16-17-12-10-9-11-13-17/h9-13,18,21H,5-8,14-16H2,1-4H3/t18-/m0/s1. The Labute approximate surface area is 131 Å². The van der Waals surface area contributed by atoms with Crippen LogP contribution in [-0.4, -0.2) is 34.7 Å². The van der Waals surface area contributed by atoms with Gasteiger partial charge in [-0.2, -0.15) is 0 Å². The summed E-state index contributed by atoms with van der Waals surface area (Å²) in [6, 6.07) is 10.8. The third kappa shape index (κ3) is 5.12. The van der Waals surface area contributed by atoms with E-state index >= 15 is 0 Å². The molecule has 0 aliphatic rings. The van der Waals surface area contributed by atoms with E-state index in [-0.39, 0.29) is 6.04 Å². The molecule has 0 heterocycles. The maximum atomic E-state index is 11.3. The van der Waals surface area contributed by atoms with Crippen molar-refractivity contribution in [3.8, 4) is 0 Å². The van der Waals surface area contributed by atoms with Crippen LogP contribution in [0.1, 0.15) is 58.9 Å². The lowest BCUT2D eigenvalue weighted by Gasteiger charge is -2.43. The monoisotopic (exact) mass is 291 g/mol. The molecule has 1 aromatic rings. The Balaban J connectivity index is 3.04. The summed E-state index contributed by atoms with van der Waals surface area (Å²) in [6.45, 7) is 10.7. The van der Waals surface area contributed by atoms with E-state index in [0.29, 0.717) is 0 Å². The lowest BCUT2D eigenvalue weighted by molar-refractivity contribution is -0.0588. The first-order chi connectivity index (χ1) is 10.1. The molecule has 0 aliphatic carbocycles. The molecule has 21 heavy (non-hydrogen) atoms. The normalized spacial score (nSPS) is 13.6. The van der Waals surface area contributed by atoms with Crippen LogP contribution >= 0.6 is 0 Å². The third-order valence-electron chi connectivity index (χ3n) is 4.51. The molecule has 0 unspecified atom stereocenters. The molecule has 0 saturated heterocycles. The number of aliphatic hydroxyl groups is 1. The first-order valence-corrected chi connectivity index (χ1v) is 8.61. The summed E-state index contributed by atoms with van der Waals surface area (Å²) in [5.41, 5.74) is 0.741. The van der Waals surface area contributed by atoms with Gasteiger partial charge < -0.3 is 5.11 Å². The smallest absolute Gasteiger partial charge is 0.0805 e. The molecule has 0 radical (unpaired) electrons. The maximum absolute atomic E-state index is 11.3. The SMILES string of the molecule is CCCC(O)(CCC)[C@H](Cc1ccccc1)N(CC)CC. The van der Waals surface area contributed by atoms with Crippen molar-refractivity contribution in [1.82, 2.24) is 4.90 Å². The lowest BCUT2D eigenvalue weighted by Crippen LogP contribution is -2.54. The average Bonchev–Trinajstić information content (AvgIpc) is 2.49. The molecule has 120 valence electrons. The Bertz CT molecular complexity index is 366. The van der Waals surface area contributed by atoms with E-state index in [9.17, 15) is 5.11 Å². The van der Waals surface area contributed by atoms with Crippen LogP contribution in [0, 0.1) is 0 Å². The molecule has 1 rings (SSSR count). The minimum absolute atomic E-state index is 0.204. The minimum Gasteiger partial charge on any atom is -0.388 e. The largest absolute Gasteiger partial charge is 0.388 e. The summed E-state index contributed by atoms with van der Waals surface area (Å²) in [4.78, 5) is 2.43. The number of hydrogen-bond donors (Lipinski definition) is 1. The van der Waals surface area contributed by atoms with E-state index in [4.69, 9.17) is 0 Å². The fourth-order valence-electron chi connectivity index (χ4n) is 3.48. The van der Waals surface area contributed by atoms with Crippen molar-refractivity contribution in [2.75, 3.05) is 13.1 Å². The highest BCUT2D eigenvalue weighted by Crippen LogP contribution is 2.29. The Kier molecular flexibility index (Phi) is 7.98. The molecule has 1 atom stereocenters. The zero-order valence-corrected chi connectivity index (χ0v) is 14.3. The van der Waals surface area contributed by atoms with Gasteiger partial charge in [0.1, 0.15) is 0 Å². The molecule has 0 aromatic heterocycles. The third-order valence-corrected chi connectivity index (χ3v) is 4.51. The zero-order valence-electron chi connectivity index (χ0n) is 14.3. The highest BCUT2D eigenvalue weighted by atomic mass is 16.3. The van der Waals surface area contributed by atoms with Gasteiger partial charge in [-0.3, -0.25) is 4.90 Å². The molecule has 2 heteroatoms. The van der Waals surface area contributed by atoms with E-state index in [1.54, 1.807) is 0 Å². The molecule has 1 aromatic carbocycles. The van der Waals surface area contributed by atoms with Crippen LogP contribution in [0.4, 0.5) is 0 Å². The number of benzene rings is 1. The predicted octanol–water partition coefficient (Wildman–Crippen LogP) is 4.27. The van der Waals surface area contributed by atoms with Gasteiger partial charge in [0, 0.05) is 6.04 Å². The molecular weight excluding hydrogens is 258 g/mol. The van der Waals surface area contributed by atoms with Crippen LogP contribution in [0.3, 0.4) is 0 Å². The summed E-state index contributed by atoms with van der Waals surface area (Å²) < 4.78 is 0. The van der Waals surface area contributed by atoms with Crippen molar-refractivity contribution in [3.05, 3.63) is 35.9 Å². The van der Waals surface area contributed by atoms with E-state index in [1.807, 2.05) is 0 Å². The van der Waals surface area contributed by atoms with Crippen molar-refractivity contribution < 1.29 is 5.11 Å². The molecule has 0 fully saturated rings.